The molecule has 0 aromatic heterocycles. The summed E-state index contributed by atoms with van der Waals surface area (Å²) >= 11 is 0. The van der Waals surface area contributed by atoms with Crippen molar-refractivity contribution in [3.63, 3.8) is 0 Å². The average Bonchev–Trinajstić information content (AvgIpc) is 3.18. The minimum absolute atomic E-state index is 0.0906. The Hall–Kier alpha value is -2.63. The molecule has 0 fully saturated rings. The molecule has 2 unspecified atom stereocenters. The number of hydrogen-bond donors (Lipinski definition) is 4. The van der Waals surface area contributed by atoms with Crippen LogP contribution >= 0.6 is 7.82 Å². The molecule has 4 N–H and O–H groups in total. The van der Waals surface area contributed by atoms with Crippen LogP contribution in [-0.2, 0) is 32.7 Å². The molecule has 0 aliphatic heterocycles. The lowest BCUT2D eigenvalue weighted by Crippen LogP contribution is -2.29. The maximum Gasteiger partial charge on any atom is 0.472 e. The Morgan fingerprint density at radius 3 is 1.84 bits per heavy atom. The van der Waals surface area contributed by atoms with Gasteiger partial charge in [-0.05, 0) is 50.9 Å². The summed E-state index contributed by atoms with van der Waals surface area (Å²) < 4.78 is 32.6. The van der Waals surface area contributed by atoms with E-state index in [1.165, 1.54) is 51.4 Å². The minimum Gasteiger partial charge on any atom is -0.462 e. The molecule has 12 heteroatoms. The van der Waals surface area contributed by atoms with Crippen molar-refractivity contribution < 1.29 is 52.9 Å². The summed E-state index contributed by atoms with van der Waals surface area (Å²) in [5, 5.41) is 28.3. The number of carbonyl (C=O) groups excluding carboxylic acids is 2. The van der Waals surface area contributed by atoms with Gasteiger partial charge < -0.3 is 29.7 Å². The molecule has 0 aromatic carbocycles. The molecule has 0 spiro atoms. The highest BCUT2D eigenvalue weighted by Crippen LogP contribution is 2.43. The third kappa shape index (κ3) is 40.0. The van der Waals surface area contributed by atoms with E-state index in [1.807, 2.05) is 48.6 Å². The molecule has 57 heavy (non-hydrogen) atoms. The standard InChI is InChI=1S/C45H77O11P/c1-4-5-6-7-22-27-32-41(47)33-28-23-18-14-11-12-15-19-24-29-34-44(49)53-38-43(39-55-57(51,52)54-37-42(48)36-46)56-45(50)35-30-25-20-16-10-8-9-13-17-21-26-31-40(2)3/h5-6,11-12,18-19,22-24,27-28,33,40-43,46-48H,4,7-10,13-17,20-21,25-26,29-32,34-39H2,1-3H3,(H,51,52)/b6-5-,12-11-,23-18-,24-19-,27-22-,33-28+/t41?,42-,43+/m0/s1. The highest BCUT2D eigenvalue weighted by molar-refractivity contribution is 7.47. The molecule has 0 saturated carbocycles. The largest absolute Gasteiger partial charge is 0.472 e. The second-order valence-electron chi connectivity index (χ2n) is 14.7. The zero-order valence-electron chi connectivity index (χ0n) is 35.3. The molecule has 0 bridgehead atoms. The van der Waals surface area contributed by atoms with E-state index in [-0.39, 0.29) is 19.4 Å². The van der Waals surface area contributed by atoms with Gasteiger partial charge in [-0.3, -0.25) is 18.6 Å². The molecule has 0 aliphatic rings. The predicted molar refractivity (Wildman–Crippen MR) is 229 cm³/mol. The monoisotopic (exact) mass is 825 g/mol. The lowest BCUT2D eigenvalue weighted by Gasteiger charge is -2.20. The normalized spacial score (nSPS) is 15.2. The number of ether oxygens (including phenoxy) is 2. The van der Waals surface area contributed by atoms with Crippen molar-refractivity contribution in [3.8, 4) is 0 Å². The molecule has 0 aromatic rings. The molecule has 0 heterocycles. The van der Waals surface area contributed by atoms with Crippen LogP contribution in [0.3, 0.4) is 0 Å². The van der Waals surface area contributed by atoms with Crippen LogP contribution in [0.5, 0.6) is 0 Å². The predicted octanol–water partition coefficient (Wildman–Crippen LogP) is 10.1. The number of aliphatic hydroxyl groups excluding tert-OH is 3. The summed E-state index contributed by atoms with van der Waals surface area (Å²) in [5.74, 6) is -0.270. The number of esters is 2. The number of unbranched alkanes of at least 4 members (excludes halogenated alkanes) is 10. The summed E-state index contributed by atoms with van der Waals surface area (Å²) in [6.45, 7) is 4.39. The van der Waals surface area contributed by atoms with Crippen LogP contribution in [0, 0.1) is 5.92 Å². The number of hydrogen-bond acceptors (Lipinski definition) is 10. The van der Waals surface area contributed by atoms with E-state index in [2.05, 4.69) is 43.5 Å². The van der Waals surface area contributed by atoms with Crippen LogP contribution in [0.1, 0.15) is 149 Å². The van der Waals surface area contributed by atoms with Gasteiger partial charge in [0, 0.05) is 12.8 Å². The Kier molecular flexibility index (Phi) is 37.1. The van der Waals surface area contributed by atoms with Gasteiger partial charge in [-0.1, -0.05) is 164 Å². The first-order valence-corrected chi connectivity index (χ1v) is 22.9. The Bertz CT molecular complexity index is 1210. The first-order chi connectivity index (χ1) is 27.5. The van der Waals surface area contributed by atoms with E-state index in [9.17, 15) is 29.3 Å². The summed E-state index contributed by atoms with van der Waals surface area (Å²) in [5.41, 5.74) is 0. The van der Waals surface area contributed by atoms with E-state index in [4.69, 9.17) is 19.1 Å². The molecular weight excluding hydrogens is 747 g/mol. The van der Waals surface area contributed by atoms with Crippen molar-refractivity contribution in [2.75, 3.05) is 26.4 Å². The fraction of sp³-hybridized carbons (Fsp3) is 0.689. The van der Waals surface area contributed by atoms with Crippen LogP contribution in [0.2, 0.25) is 0 Å². The highest BCUT2D eigenvalue weighted by atomic mass is 31.2. The Balaban J connectivity index is 4.49. The SMILES string of the molecule is CC/C=C\C/C=C\CC(O)/C=C/C=C\C/C=C\C/C=C\CCC(=O)OC[C@H](COP(=O)(O)OC[C@@H](O)CO)OC(=O)CCCCCCCCCCCCCC(C)C. The van der Waals surface area contributed by atoms with Gasteiger partial charge in [-0.15, -0.1) is 0 Å². The zero-order chi connectivity index (χ0) is 42.2. The molecule has 4 atom stereocenters. The quantitative estimate of drug-likeness (QED) is 0.0154. The Morgan fingerprint density at radius 2 is 1.21 bits per heavy atom. The lowest BCUT2D eigenvalue weighted by molar-refractivity contribution is -0.161. The third-order valence-electron chi connectivity index (χ3n) is 8.65. The third-order valence-corrected chi connectivity index (χ3v) is 9.60. The van der Waals surface area contributed by atoms with E-state index in [0.717, 1.165) is 44.4 Å². The number of aliphatic hydroxyl groups is 3. The minimum atomic E-state index is -4.65. The van der Waals surface area contributed by atoms with E-state index >= 15 is 0 Å². The van der Waals surface area contributed by atoms with Gasteiger partial charge in [0.25, 0.3) is 0 Å². The number of phosphoric ester groups is 1. The highest BCUT2D eigenvalue weighted by Gasteiger charge is 2.27. The van der Waals surface area contributed by atoms with Crippen molar-refractivity contribution in [1.29, 1.82) is 0 Å². The van der Waals surface area contributed by atoms with Crippen LogP contribution in [0.25, 0.3) is 0 Å². The Morgan fingerprint density at radius 1 is 0.649 bits per heavy atom. The molecular formula is C45H77O11P. The van der Waals surface area contributed by atoms with E-state index in [0.29, 0.717) is 25.7 Å². The van der Waals surface area contributed by atoms with Crippen molar-refractivity contribution in [2.24, 2.45) is 5.92 Å². The lowest BCUT2D eigenvalue weighted by atomic mass is 10.0. The average molecular weight is 825 g/mol. The van der Waals surface area contributed by atoms with Crippen molar-refractivity contribution >= 4 is 19.8 Å². The molecule has 328 valence electrons. The van der Waals surface area contributed by atoms with Crippen LogP contribution in [0.15, 0.2) is 72.9 Å². The molecule has 0 aliphatic carbocycles. The molecule has 0 amide bonds. The van der Waals surface area contributed by atoms with Crippen LogP contribution in [-0.4, -0.2) is 76.9 Å². The van der Waals surface area contributed by atoms with Crippen molar-refractivity contribution in [1.82, 2.24) is 0 Å². The zero-order valence-corrected chi connectivity index (χ0v) is 36.2. The topological polar surface area (TPSA) is 169 Å². The molecule has 11 nitrogen and oxygen atoms in total. The van der Waals surface area contributed by atoms with Crippen molar-refractivity contribution in [3.05, 3.63) is 72.9 Å². The smallest absolute Gasteiger partial charge is 0.462 e. The van der Waals surface area contributed by atoms with Gasteiger partial charge in [-0.25, -0.2) is 4.57 Å². The van der Waals surface area contributed by atoms with Gasteiger partial charge in [0.05, 0.1) is 25.9 Å². The summed E-state index contributed by atoms with van der Waals surface area (Å²) in [6, 6.07) is 0. The van der Waals surface area contributed by atoms with Gasteiger partial charge in [0.15, 0.2) is 6.10 Å². The Labute approximate surface area is 344 Å². The van der Waals surface area contributed by atoms with E-state index in [1.54, 1.807) is 6.08 Å². The number of phosphoric acid groups is 1. The second kappa shape index (κ2) is 38.9. The number of rotatable bonds is 38. The first kappa shape index (κ1) is 54.4. The molecule has 0 saturated heterocycles. The molecule has 0 rings (SSSR count). The summed E-state index contributed by atoms with van der Waals surface area (Å²) in [4.78, 5) is 34.9. The van der Waals surface area contributed by atoms with Crippen LogP contribution in [0.4, 0.5) is 0 Å². The van der Waals surface area contributed by atoms with Gasteiger partial charge >= 0.3 is 19.8 Å². The number of allylic oxidation sites excluding steroid dienone is 10. The van der Waals surface area contributed by atoms with E-state index < -0.39 is 57.9 Å². The summed E-state index contributed by atoms with van der Waals surface area (Å²) in [6.07, 6.45) is 39.2. The van der Waals surface area contributed by atoms with Gasteiger partial charge in [0.2, 0.25) is 0 Å². The number of carbonyl (C=O) groups is 2. The second-order valence-corrected chi connectivity index (χ2v) is 16.1. The maximum absolute atomic E-state index is 12.6. The fourth-order valence-corrected chi connectivity index (χ4v) is 6.14. The maximum atomic E-state index is 12.6. The van der Waals surface area contributed by atoms with Gasteiger partial charge in [0.1, 0.15) is 12.7 Å². The summed E-state index contributed by atoms with van der Waals surface area (Å²) in [7, 11) is -4.65. The first-order valence-electron chi connectivity index (χ1n) is 21.4. The van der Waals surface area contributed by atoms with Crippen LogP contribution < -0.4 is 0 Å². The van der Waals surface area contributed by atoms with Gasteiger partial charge in [-0.2, -0.15) is 0 Å². The van der Waals surface area contributed by atoms with Crippen molar-refractivity contribution in [2.45, 2.75) is 167 Å². The molecule has 0 radical (unpaired) electrons. The fourth-order valence-electron chi connectivity index (χ4n) is 5.35.